The van der Waals surface area contributed by atoms with Gasteiger partial charge < -0.3 is 14.6 Å². The molecule has 1 heterocycles. The molecule has 4 heteroatoms. The summed E-state index contributed by atoms with van der Waals surface area (Å²) in [6.07, 6.45) is -0.355. The summed E-state index contributed by atoms with van der Waals surface area (Å²) in [5.41, 5.74) is 2.54. The zero-order valence-electron chi connectivity index (χ0n) is 12.6. The minimum Gasteiger partial charge on any atom is -0.504 e. The molecule has 2 aromatic rings. The maximum atomic E-state index is 11.8. The second-order valence-electron chi connectivity index (χ2n) is 5.64. The lowest BCUT2D eigenvalue weighted by Gasteiger charge is -2.27. The number of hydrogen-bond donors (Lipinski definition) is 1. The molecule has 1 atom stereocenters. The van der Waals surface area contributed by atoms with Gasteiger partial charge in [-0.1, -0.05) is 30.3 Å². The number of rotatable bonds is 3. The Balaban J connectivity index is 2.08. The third-order valence-corrected chi connectivity index (χ3v) is 3.55. The van der Waals surface area contributed by atoms with E-state index in [1.165, 1.54) is 0 Å². The summed E-state index contributed by atoms with van der Waals surface area (Å²) in [4.78, 5) is 11.8. The van der Waals surface area contributed by atoms with Crippen molar-refractivity contribution in [3.05, 3.63) is 59.2 Å². The molecule has 0 saturated heterocycles. The number of benzene rings is 2. The first-order chi connectivity index (χ1) is 10.5. The van der Waals surface area contributed by atoms with Gasteiger partial charge in [-0.05, 0) is 37.1 Å². The summed E-state index contributed by atoms with van der Waals surface area (Å²) in [5, 5.41) is 10.1. The lowest BCUT2D eigenvalue weighted by Crippen LogP contribution is -2.22. The molecule has 22 heavy (non-hydrogen) atoms. The highest BCUT2D eigenvalue weighted by Gasteiger charge is 2.29. The number of phenols is 1. The number of cyclic esters (lactones) is 1. The minimum absolute atomic E-state index is 0.0500. The molecule has 0 radical (unpaired) electrons. The van der Waals surface area contributed by atoms with Gasteiger partial charge in [0, 0.05) is 5.56 Å². The molecule has 1 N–H and O–H groups in total. The van der Waals surface area contributed by atoms with Crippen molar-refractivity contribution >= 4 is 5.97 Å². The molecule has 0 bridgehead atoms. The average Bonchev–Trinajstić information content (AvgIpc) is 2.48. The van der Waals surface area contributed by atoms with E-state index in [0.717, 1.165) is 16.7 Å². The van der Waals surface area contributed by atoms with Gasteiger partial charge in [0.25, 0.3) is 0 Å². The second kappa shape index (κ2) is 5.72. The van der Waals surface area contributed by atoms with Crippen LogP contribution in [0.5, 0.6) is 11.5 Å². The maximum Gasteiger partial charge on any atom is 0.311 e. The van der Waals surface area contributed by atoms with Crippen LogP contribution in [0.2, 0.25) is 0 Å². The van der Waals surface area contributed by atoms with Gasteiger partial charge in [0.15, 0.2) is 17.6 Å². The molecule has 0 fully saturated rings. The summed E-state index contributed by atoms with van der Waals surface area (Å²) in [6.45, 7) is 3.79. The van der Waals surface area contributed by atoms with Crippen LogP contribution in [-0.2, 0) is 16.0 Å². The summed E-state index contributed by atoms with van der Waals surface area (Å²) >= 11 is 0. The van der Waals surface area contributed by atoms with Gasteiger partial charge in [0.05, 0.1) is 12.5 Å². The van der Waals surface area contributed by atoms with E-state index in [9.17, 15) is 9.90 Å². The number of carbonyl (C=O) groups excluding carboxylic acids is 1. The zero-order valence-corrected chi connectivity index (χ0v) is 12.6. The molecular weight excluding hydrogens is 280 g/mol. The fourth-order valence-electron chi connectivity index (χ4n) is 2.64. The first kappa shape index (κ1) is 14.4. The van der Waals surface area contributed by atoms with Crippen molar-refractivity contribution in [3.63, 3.8) is 0 Å². The van der Waals surface area contributed by atoms with Gasteiger partial charge in [0.1, 0.15) is 0 Å². The SMILES string of the molecule is CC(C)Oc1cc2c(cc1O)CC(=O)OC2c1ccccc1. The van der Waals surface area contributed by atoms with Crippen LogP contribution >= 0.6 is 0 Å². The van der Waals surface area contributed by atoms with Crippen LogP contribution in [0, 0.1) is 0 Å². The number of ether oxygens (including phenoxy) is 2. The van der Waals surface area contributed by atoms with E-state index in [0.29, 0.717) is 5.75 Å². The fraction of sp³-hybridized carbons (Fsp3) is 0.278. The predicted molar refractivity (Wildman–Crippen MR) is 82.0 cm³/mol. The van der Waals surface area contributed by atoms with E-state index in [2.05, 4.69) is 0 Å². The van der Waals surface area contributed by atoms with Gasteiger partial charge in [-0.3, -0.25) is 4.79 Å². The van der Waals surface area contributed by atoms with Crippen LogP contribution in [-0.4, -0.2) is 17.2 Å². The highest BCUT2D eigenvalue weighted by Crippen LogP contribution is 2.39. The smallest absolute Gasteiger partial charge is 0.311 e. The van der Waals surface area contributed by atoms with Gasteiger partial charge in [-0.2, -0.15) is 0 Å². The zero-order chi connectivity index (χ0) is 15.7. The average molecular weight is 298 g/mol. The van der Waals surface area contributed by atoms with E-state index in [-0.39, 0.29) is 24.2 Å². The van der Waals surface area contributed by atoms with E-state index in [4.69, 9.17) is 9.47 Å². The number of carbonyl (C=O) groups is 1. The molecule has 0 saturated carbocycles. The highest BCUT2D eigenvalue weighted by molar-refractivity contribution is 5.76. The Kier molecular flexibility index (Phi) is 3.75. The van der Waals surface area contributed by atoms with E-state index in [1.807, 2.05) is 44.2 Å². The Morgan fingerprint density at radius 1 is 1.23 bits per heavy atom. The van der Waals surface area contributed by atoms with Crippen molar-refractivity contribution in [1.29, 1.82) is 0 Å². The first-order valence-corrected chi connectivity index (χ1v) is 7.31. The van der Waals surface area contributed by atoms with Crippen LogP contribution in [0.15, 0.2) is 42.5 Å². The fourth-order valence-corrected chi connectivity index (χ4v) is 2.64. The largest absolute Gasteiger partial charge is 0.504 e. The summed E-state index contributed by atoms with van der Waals surface area (Å²) in [5.74, 6) is 0.167. The Hall–Kier alpha value is -2.49. The monoisotopic (exact) mass is 298 g/mol. The molecule has 0 aliphatic carbocycles. The standard InChI is InChI=1S/C18H18O4/c1-11(2)21-16-10-14-13(8-15(16)19)9-17(20)22-18(14)12-6-4-3-5-7-12/h3-8,10-11,18-19H,9H2,1-2H3. The van der Waals surface area contributed by atoms with E-state index >= 15 is 0 Å². The van der Waals surface area contributed by atoms with Gasteiger partial charge in [0.2, 0.25) is 0 Å². The van der Waals surface area contributed by atoms with Crippen LogP contribution in [0.3, 0.4) is 0 Å². The summed E-state index contributed by atoms with van der Waals surface area (Å²) in [7, 11) is 0. The van der Waals surface area contributed by atoms with Crippen molar-refractivity contribution in [2.75, 3.05) is 0 Å². The minimum atomic E-state index is -0.465. The molecule has 0 aromatic heterocycles. The second-order valence-corrected chi connectivity index (χ2v) is 5.64. The van der Waals surface area contributed by atoms with Crippen molar-refractivity contribution in [2.24, 2.45) is 0 Å². The van der Waals surface area contributed by atoms with E-state index in [1.54, 1.807) is 12.1 Å². The topological polar surface area (TPSA) is 55.8 Å². The Labute approximate surface area is 129 Å². The molecule has 1 unspecified atom stereocenters. The van der Waals surface area contributed by atoms with Crippen LogP contribution in [0.25, 0.3) is 0 Å². The Morgan fingerprint density at radius 2 is 1.95 bits per heavy atom. The normalized spacial score (nSPS) is 17.0. The number of fused-ring (bicyclic) bond motifs is 1. The Bertz CT molecular complexity index is 692. The maximum absolute atomic E-state index is 11.8. The lowest BCUT2D eigenvalue weighted by molar-refractivity contribution is -0.148. The van der Waals surface area contributed by atoms with Crippen LogP contribution in [0.4, 0.5) is 0 Å². The van der Waals surface area contributed by atoms with E-state index < -0.39 is 6.10 Å². The number of hydrogen-bond acceptors (Lipinski definition) is 4. The molecule has 0 spiro atoms. The molecule has 3 rings (SSSR count). The molecule has 0 amide bonds. The highest BCUT2D eigenvalue weighted by atomic mass is 16.5. The van der Waals surface area contributed by atoms with Crippen molar-refractivity contribution in [3.8, 4) is 11.5 Å². The predicted octanol–water partition coefficient (Wildman–Crippen LogP) is 3.37. The quantitative estimate of drug-likeness (QED) is 0.883. The van der Waals surface area contributed by atoms with Gasteiger partial charge in [-0.15, -0.1) is 0 Å². The van der Waals surface area contributed by atoms with Crippen molar-refractivity contribution in [1.82, 2.24) is 0 Å². The first-order valence-electron chi connectivity index (χ1n) is 7.31. The van der Waals surface area contributed by atoms with Gasteiger partial charge >= 0.3 is 5.97 Å². The summed E-state index contributed by atoms with van der Waals surface area (Å²) in [6, 6.07) is 12.9. The van der Waals surface area contributed by atoms with Crippen LogP contribution in [0.1, 0.15) is 36.6 Å². The Morgan fingerprint density at radius 3 is 2.64 bits per heavy atom. The third kappa shape index (κ3) is 2.77. The molecule has 114 valence electrons. The van der Waals surface area contributed by atoms with Gasteiger partial charge in [-0.25, -0.2) is 0 Å². The molecule has 1 aliphatic rings. The van der Waals surface area contributed by atoms with Crippen molar-refractivity contribution < 1.29 is 19.4 Å². The molecule has 2 aromatic carbocycles. The number of phenolic OH excluding ortho intramolecular Hbond substituents is 1. The number of aromatic hydroxyl groups is 1. The van der Waals surface area contributed by atoms with Crippen molar-refractivity contribution in [2.45, 2.75) is 32.5 Å². The third-order valence-electron chi connectivity index (χ3n) is 3.55. The molecule has 4 nitrogen and oxygen atoms in total. The number of esters is 1. The lowest BCUT2D eigenvalue weighted by atomic mass is 9.92. The molecular formula is C18H18O4. The molecule has 1 aliphatic heterocycles. The van der Waals surface area contributed by atoms with Crippen LogP contribution < -0.4 is 4.74 Å². The summed E-state index contributed by atoms with van der Waals surface area (Å²) < 4.78 is 11.2.